The molecule has 0 amide bonds. The molecule has 2 rings (SSSR count). The number of rotatable bonds is 2. The van der Waals surface area contributed by atoms with Crippen LogP contribution in [0, 0.1) is 0 Å². The molecule has 1 aromatic rings. The normalized spacial score (nSPS) is 20.0. The summed E-state index contributed by atoms with van der Waals surface area (Å²) >= 11 is 0. The van der Waals surface area contributed by atoms with E-state index < -0.39 is 11.9 Å². The third kappa shape index (κ3) is 1.71. The molecule has 86 valence electrons. The fourth-order valence-corrected chi connectivity index (χ4v) is 1.94. The van der Waals surface area contributed by atoms with E-state index in [9.17, 15) is 9.90 Å². The number of fused-ring (bicyclic) bond motifs is 1. The van der Waals surface area contributed by atoms with Gasteiger partial charge in [0.05, 0.1) is 5.92 Å². The van der Waals surface area contributed by atoms with Gasteiger partial charge in [0.2, 0.25) is 0 Å². The van der Waals surface area contributed by atoms with Crippen molar-refractivity contribution in [1.82, 2.24) is 0 Å². The van der Waals surface area contributed by atoms with Crippen LogP contribution in [0.1, 0.15) is 30.9 Å². The van der Waals surface area contributed by atoms with Crippen molar-refractivity contribution in [2.75, 3.05) is 0 Å². The number of ether oxygens (including phenoxy) is 1. The SMILES string of the molecule is CC1Cc2cc(O)c(C(C)C(=O)O)cc2O1. The van der Waals surface area contributed by atoms with Gasteiger partial charge in [-0.1, -0.05) is 0 Å². The molecular weight excluding hydrogens is 208 g/mol. The number of hydrogen-bond donors (Lipinski definition) is 2. The average molecular weight is 222 g/mol. The number of carbonyl (C=O) groups is 1. The van der Waals surface area contributed by atoms with Crippen LogP contribution in [-0.4, -0.2) is 22.3 Å². The van der Waals surface area contributed by atoms with Crippen LogP contribution in [0.25, 0.3) is 0 Å². The van der Waals surface area contributed by atoms with Gasteiger partial charge in [-0.25, -0.2) is 0 Å². The molecule has 2 atom stereocenters. The fraction of sp³-hybridized carbons (Fsp3) is 0.417. The molecule has 0 bridgehead atoms. The van der Waals surface area contributed by atoms with Gasteiger partial charge < -0.3 is 14.9 Å². The Balaban J connectivity index is 2.42. The van der Waals surface area contributed by atoms with Crippen molar-refractivity contribution >= 4 is 5.97 Å². The minimum Gasteiger partial charge on any atom is -0.508 e. The molecule has 0 fully saturated rings. The van der Waals surface area contributed by atoms with Crippen molar-refractivity contribution in [2.45, 2.75) is 32.3 Å². The second-order valence-electron chi connectivity index (χ2n) is 4.21. The van der Waals surface area contributed by atoms with Gasteiger partial charge in [0.15, 0.2) is 0 Å². The molecule has 1 heterocycles. The van der Waals surface area contributed by atoms with E-state index in [0.29, 0.717) is 11.3 Å². The highest BCUT2D eigenvalue weighted by molar-refractivity contribution is 5.77. The lowest BCUT2D eigenvalue weighted by Gasteiger charge is -2.11. The van der Waals surface area contributed by atoms with E-state index in [2.05, 4.69) is 0 Å². The van der Waals surface area contributed by atoms with E-state index in [1.807, 2.05) is 6.92 Å². The number of phenolic OH excluding ortho intramolecular Hbond substituents is 1. The smallest absolute Gasteiger partial charge is 0.310 e. The van der Waals surface area contributed by atoms with Crippen molar-refractivity contribution in [1.29, 1.82) is 0 Å². The Morgan fingerprint density at radius 3 is 2.88 bits per heavy atom. The highest BCUT2D eigenvalue weighted by atomic mass is 16.5. The van der Waals surface area contributed by atoms with Crippen LogP contribution in [0.2, 0.25) is 0 Å². The quantitative estimate of drug-likeness (QED) is 0.802. The lowest BCUT2D eigenvalue weighted by atomic mass is 9.97. The Morgan fingerprint density at radius 2 is 2.25 bits per heavy atom. The first kappa shape index (κ1) is 10.8. The molecule has 4 nitrogen and oxygen atoms in total. The monoisotopic (exact) mass is 222 g/mol. The minimum atomic E-state index is -0.957. The van der Waals surface area contributed by atoms with Crippen molar-refractivity contribution in [3.05, 3.63) is 23.3 Å². The maximum Gasteiger partial charge on any atom is 0.310 e. The van der Waals surface area contributed by atoms with E-state index in [-0.39, 0.29) is 11.9 Å². The largest absolute Gasteiger partial charge is 0.508 e. The number of aliphatic carboxylic acids is 1. The molecule has 0 radical (unpaired) electrons. The molecule has 0 aromatic heterocycles. The maximum atomic E-state index is 10.9. The van der Waals surface area contributed by atoms with Gasteiger partial charge in [0.1, 0.15) is 17.6 Å². The summed E-state index contributed by atoms with van der Waals surface area (Å²) in [4.78, 5) is 10.9. The maximum absolute atomic E-state index is 10.9. The predicted octanol–water partition coefficient (Wildman–Crippen LogP) is 1.90. The van der Waals surface area contributed by atoms with Crippen LogP contribution in [0.15, 0.2) is 12.1 Å². The second kappa shape index (κ2) is 3.70. The summed E-state index contributed by atoms with van der Waals surface area (Å²) in [6.45, 7) is 3.49. The van der Waals surface area contributed by atoms with Gasteiger partial charge in [-0.15, -0.1) is 0 Å². The third-order valence-electron chi connectivity index (χ3n) is 2.88. The summed E-state index contributed by atoms with van der Waals surface area (Å²) < 4.78 is 5.53. The Morgan fingerprint density at radius 1 is 1.56 bits per heavy atom. The standard InChI is InChI=1S/C12H14O4/c1-6-3-8-4-10(13)9(5-11(8)16-6)7(2)12(14)15/h4-7,13H,3H2,1-2H3,(H,14,15). The summed E-state index contributed by atoms with van der Waals surface area (Å²) in [5.41, 5.74) is 1.34. The molecule has 2 unspecified atom stereocenters. The molecule has 1 aliphatic rings. The summed E-state index contributed by atoms with van der Waals surface area (Å²) in [5, 5.41) is 18.7. The van der Waals surface area contributed by atoms with Crippen molar-refractivity contribution in [2.24, 2.45) is 0 Å². The van der Waals surface area contributed by atoms with Gasteiger partial charge in [0.25, 0.3) is 0 Å². The molecule has 4 heteroatoms. The van der Waals surface area contributed by atoms with Crippen LogP contribution in [0.4, 0.5) is 0 Å². The minimum absolute atomic E-state index is 0.0337. The number of hydrogen-bond acceptors (Lipinski definition) is 3. The Bertz CT molecular complexity index is 439. The lowest BCUT2D eigenvalue weighted by Crippen LogP contribution is -2.08. The molecule has 16 heavy (non-hydrogen) atoms. The number of carboxylic acids is 1. The van der Waals surface area contributed by atoms with E-state index in [1.54, 1.807) is 19.1 Å². The van der Waals surface area contributed by atoms with Crippen LogP contribution in [0.5, 0.6) is 11.5 Å². The van der Waals surface area contributed by atoms with E-state index >= 15 is 0 Å². The van der Waals surface area contributed by atoms with Crippen LogP contribution in [-0.2, 0) is 11.2 Å². The lowest BCUT2D eigenvalue weighted by molar-refractivity contribution is -0.138. The number of carboxylic acid groups (broad SMARTS) is 1. The van der Waals surface area contributed by atoms with Gasteiger partial charge >= 0.3 is 5.97 Å². The Kier molecular flexibility index (Phi) is 2.50. The summed E-state index contributed by atoms with van der Waals surface area (Å²) in [6, 6.07) is 3.24. The Hall–Kier alpha value is -1.71. The highest BCUT2D eigenvalue weighted by Gasteiger charge is 2.25. The number of aromatic hydroxyl groups is 1. The van der Waals surface area contributed by atoms with Crippen molar-refractivity contribution < 1.29 is 19.7 Å². The zero-order valence-electron chi connectivity index (χ0n) is 9.23. The van der Waals surface area contributed by atoms with E-state index in [0.717, 1.165) is 12.0 Å². The van der Waals surface area contributed by atoms with E-state index in [4.69, 9.17) is 9.84 Å². The third-order valence-corrected chi connectivity index (χ3v) is 2.88. The van der Waals surface area contributed by atoms with Crippen molar-refractivity contribution in [3.63, 3.8) is 0 Å². The zero-order valence-corrected chi connectivity index (χ0v) is 9.23. The number of benzene rings is 1. The molecule has 0 aliphatic carbocycles. The molecule has 0 saturated heterocycles. The molecule has 1 aromatic carbocycles. The van der Waals surface area contributed by atoms with Crippen LogP contribution >= 0.6 is 0 Å². The van der Waals surface area contributed by atoms with E-state index in [1.165, 1.54) is 0 Å². The van der Waals surface area contributed by atoms with Crippen LogP contribution in [0.3, 0.4) is 0 Å². The van der Waals surface area contributed by atoms with Gasteiger partial charge in [-0.3, -0.25) is 4.79 Å². The highest BCUT2D eigenvalue weighted by Crippen LogP contribution is 2.37. The summed E-state index contributed by atoms with van der Waals surface area (Å²) in [6.07, 6.45) is 0.842. The van der Waals surface area contributed by atoms with Gasteiger partial charge in [-0.05, 0) is 26.0 Å². The van der Waals surface area contributed by atoms with Crippen molar-refractivity contribution in [3.8, 4) is 11.5 Å². The first-order valence-corrected chi connectivity index (χ1v) is 5.24. The van der Waals surface area contributed by atoms with Crippen LogP contribution < -0.4 is 4.74 Å². The first-order valence-electron chi connectivity index (χ1n) is 5.24. The molecule has 0 spiro atoms. The average Bonchev–Trinajstić information content (AvgIpc) is 2.54. The topological polar surface area (TPSA) is 66.8 Å². The Labute approximate surface area is 93.5 Å². The second-order valence-corrected chi connectivity index (χ2v) is 4.21. The molecule has 1 aliphatic heterocycles. The summed E-state index contributed by atoms with van der Waals surface area (Å²) in [5.74, 6) is -0.967. The summed E-state index contributed by atoms with van der Waals surface area (Å²) in [7, 11) is 0. The predicted molar refractivity (Wildman–Crippen MR) is 58.0 cm³/mol. The molecule has 2 N–H and O–H groups in total. The first-order chi connectivity index (χ1) is 7.49. The molecule has 0 saturated carbocycles. The van der Waals surface area contributed by atoms with Gasteiger partial charge in [-0.2, -0.15) is 0 Å². The van der Waals surface area contributed by atoms with Gasteiger partial charge in [0, 0.05) is 17.5 Å². The fourth-order valence-electron chi connectivity index (χ4n) is 1.94. The molecular formula is C12H14O4. The zero-order chi connectivity index (χ0) is 11.9. The number of phenols is 1.